The molecule has 0 N–H and O–H groups in total. The number of benzene rings is 1. The summed E-state index contributed by atoms with van der Waals surface area (Å²) in [5, 5.41) is 0. The van der Waals surface area contributed by atoms with Gasteiger partial charge in [0.15, 0.2) is 0 Å². The predicted molar refractivity (Wildman–Crippen MR) is 98.7 cm³/mol. The van der Waals surface area contributed by atoms with E-state index in [4.69, 9.17) is 0 Å². The van der Waals surface area contributed by atoms with Crippen LogP contribution in [0.15, 0.2) is 46.4 Å². The molecule has 0 saturated heterocycles. The number of hydrogen-bond acceptors (Lipinski definition) is 2. The molecule has 1 nitrogen and oxygen atoms in total. The lowest BCUT2D eigenvalue weighted by Crippen LogP contribution is -2.48. The zero-order valence-electron chi connectivity index (χ0n) is 14.8. The van der Waals surface area contributed by atoms with Gasteiger partial charge in [-0.15, -0.1) is 11.8 Å². The van der Waals surface area contributed by atoms with Crippen LogP contribution in [0.4, 0.5) is 0 Å². The largest absolute Gasteiger partial charge is 0.299 e. The lowest BCUT2D eigenvalue weighted by molar-refractivity contribution is -0.137. The summed E-state index contributed by atoms with van der Waals surface area (Å²) in [7, 11) is 0. The van der Waals surface area contributed by atoms with Gasteiger partial charge in [0.05, 0.1) is 0 Å². The van der Waals surface area contributed by atoms with Gasteiger partial charge in [0.2, 0.25) is 0 Å². The third-order valence-corrected chi connectivity index (χ3v) is 7.38. The monoisotopic (exact) mass is 328 g/mol. The molecule has 0 spiro atoms. The minimum absolute atomic E-state index is 0.142. The predicted octanol–water partition coefficient (Wildman–Crippen LogP) is 5.90. The van der Waals surface area contributed by atoms with E-state index < -0.39 is 0 Å². The molecule has 124 valence electrons. The molecule has 3 rings (SSSR count). The molecule has 1 fully saturated rings. The maximum absolute atomic E-state index is 12.8. The Balaban J connectivity index is 1.87. The number of rotatable bonds is 3. The van der Waals surface area contributed by atoms with Crippen molar-refractivity contribution in [1.82, 2.24) is 0 Å². The first-order valence-corrected chi connectivity index (χ1v) is 9.67. The van der Waals surface area contributed by atoms with Crippen molar-refractivity contribution < 1.29 is 4.79 Å². The average molecular weight is 329 g/mol. The van der Waals surface area contributed by atoms with Crippen molar-refractivity contribution in [3.05, 3.63) is 41.5 Å². The van der Waals surface area contributed by atoms with Crippen LogP contribution in [0, 0.1) is 16.7 Å². The van der Waals surface area contributed by atoms with Crippen molar-refractivity contribution >= 4 is 17.5 Å². The first-order chi connectivity index (χ1) is 10.8. The molecular formula is C21H28OS. The standard InChI is InChI=1S/C21H28OS/c1-15-10-17-12-20(3,4)19(22)13-21(17,11-16(15)2)14-23-18-8-6-5-7-9-18/h5-9,17H,10-14H2,1-4H3/t17-,21-/m0/s1. The molecule has 0 heterocycles. The molecule has 0 aliphatic heterocycles. The van der Waals surface area contributed by atoms with Crippen LogP contribution in [0.1, 0.15) is 53.4 Å². The number of hydrogen-bond donors (Lipinski definition) is 0. The summed E-state index contributed by atoms with van der Waals surface area (Å²) in [5.41, 5.74) is 3.09. The minimum Gasteiger partial charge on any atom is -0.299 e. The number of ketones is 1. The molecule has 0 aromatic heterocycles. The Labute approximate surface area is 144 Å². The highest BCUT2D eigenvalue weighted by atomic mass is 32.2. The van der Waals surface area contributed by atoms with Crippen molar-refractivity contribution in [1.29, 1.82) is 0 Å². The zero-order chi connectivity index (χ0) is 16.7. The molecule has 0 unspecified atom stereocenters. The van der Waals surface area contributed by atoms with Crippen LogP contribution in [0.25, 0.3) is 0 Å². The van der Waals surface area contributed by atoms with E-state index in [1.807, 2.05) is 11.8 Å². The number of carbonyl (C=O) groups is 1. The van der Waals surface area contributed by atoms with Crippen molar-refractivity contribution in [3.8, 4) is 0 Å². The Morgan fingerprint density at radius 3 is 2.48 bits per heavy atom. The first-order valence-electron chi connectivity index (χ1n) is 8.69. The SMILES string of the molecule is CC1=C(C)C[C@@]2(CSc3ccccc3)CC(=O)C(C)(C)C[C@@H]2C1. The van der Waals surface area contributed by atoms with Gasteiger partial charge in [0.1, 0.15) is 5.78 Å². The fraction of sp³-hybridized carbons (Fsp3) is 0.571. The molecule has 1 aromatic carbocycles. The maximum Gasteiger partial charge on any atom is 0.139 e. The fourth-order valence-electron chi connectivity index (χ4n) is 4.33. The number of thioether (sulfide) groups is 1. The Bertz CT molecular complexity index is 629. The van der Waals surface area contributed by atoms with Gasteiger partial charge in [0, 0.05) is 22.5 Å². The molecule has 2 aliphatic rings. The van der Waals surface area contributed by atoms with E-state index >= 15 is 0 Å². The van der Waals surface area contributed by atoms with Crippen LogP contribution in [-0.2, 0) is 4.79 Å². The molecule has 23 heavy (non-hydrogen) atoms. The highest BCUT2D eigenvalue weighted by Gasteiger charge is 2.51. The molecule has 1 aromatic rings. The van der Waals surface area contributed by atoms with E-state index in [2.05, 4.69) is 58.0 Å². The summed E-state index contributed by atoms with van der Waals surface area (Å²) in [6.07, 6.45) is 4.09. The Morgan fingerprint density at radius 1 is 1.09 bits per heavy atom. The normalized spacial score (nSPS) is 30.3. The molecule has 2 aliphatic carbocycles. The van der Waals surface area contributed by atoms with Crippen LogP contribution in [0.2, 0.25) is 0 Å². The van der Waals surface area contributed by atoms with Gasteiger partial charge in [-0.3, -0.25) is 4.79 Å². The summed E-state index contributed by atoms with van der Waals surface area (Å²) in [4.78, 5) is 14.1. The van der Waals surface area contributed by atoms with E-state index in [1.165, 1.54) is 16.9 Å². The molecule has 2 heteroatoms. The Morgan fingerprint density at radius 2 is 1.78 bits per heavy atom. The van der Waals surface area contributed by atoms with Gasteiger partial charge in [0.25, 0.3) is 0 Å². The minimum atomic E-state index is -0.142. The van der Waals surface area contributed by atoms with Crippen LogP contribution in [0.5, 0.6) is 0 Å². The second-order valence-electron chi connectivity index (χ2n) is 8.29. The molecule has 1 saturated carbocycles. The first kappa shape index (κ1) is 16.8. The molecule has 0 bridgehead atoms. The summed E-state index contributed by atoms with van der Waals surface area (Å²) in [6, 6.07) is 10.6. The number of allylic oxidation sites excluding steroid dienone is 2. The van der Waals surface area contributed by atoms with Crippen LogP contribution in [-0.4, -0.2) is 11.5 Å². The Kier molecular flexibility index (Phi) is 4.48. The lowest BCUT2D eigenvalue weighted by Gasteiger charge is -2.51. The van der Waals surface area contributed by atoms with Crippen LogP contribution >= 0.6 is 11.8 Å². The van der Waals surface area contributed by atoms with Crippen molar-refractivity contribution in [2.24, 2.45) is 16.7 Å². The van der Waals surface area contributed by atoms with E-state index in [0.29, 0.717) is 11.7 Å². The van der Waals surface area contributed by atoms with Gasteiger partial charge in [-0.1, -0.05) is 43.2 Å². The third kappa shape index (κ3) is 3.28. The van der Waals surface area contributed by atoms with E-state index in [9.17, 15) is 4.79 Å². The summed E-state index contributed by atoms with van der Waals surface area (Å²) in [6.45, 7) is 8.84. The van der Waals surface area contributed by atoms with E-state index in [1.54, 1.807) is 5.57 Å². The summed E-state index contributed by atoms with van der Waals surface area (Å²) < 4.78 is 0. The van der Waals surface area contributed by atoms with Crippen LogP contribution in [0.3, 0.4) is 0 Å². The highest BCUT2D eigenvalue weighted by Crippen LogP contribution is 2.56. The molecular weight excluding hydrogens is 300 g/mol. The molecule has 0 radical (unpaired) electrons. The lowest BCUT2D eigenvalue weighted by atomic mass is 9.54. The van der Waals surface area contributed by atoms with Crippen molar-refractivity contribution in [2.45, 2.75) is 58.3 Å². The molecule has 2 atom stereocenters. The second-order valence-corrected chi connectivity index (χ2v) is 9.34. The van der Waals surface area contributed by atoms with E-state index in [-0.39, 0.29) is 10.8 Å². The van der Waals surface area contributed by atoms with Gasteiger partial charge >= 0.3 is 0 Å². The molecule has 0 amide bonds. The summed E-state index contributed by atoms with van der Waals surface area (Å²) >= 11 is 1.93. The number of fused-ring (bicyclic) bond motifs is 1. The topological polar surface area (TPSA) is 17.1 Å². The average Bonchev–Trinajstić information content (AvgIpc) is 2.50. The van der Waals surface area contributed by atoms with Crippen LogP contribution < -0.4 is 0 Å². The van der Waals surface area contributed by atoms with Gasteiger partial charge in [-0.2, -0.15) is 0 Å². The quantitative estimate of drug-likeness (QED) is 0.507. The van der Waals surface area contributed by atoms with E-state index in [0.717, 1.165) is 25.0 Å². The second kappa shape index (κ2) is 6.12. The number of carbonyl (C=O) groups excluding carboxylic acids is 1. The zero-order valence-corrected chi connectivity index (χ0v) is 15.6. The highest BCUT2D eigenvalue weighted by molar-refractivity contribution is 7.99. The fourth-order valence-corrected chi connectivity index (χ4v) is 5.58. The van der Waals surface area contributed by atoms with Crippen molar-refractivity contribution in [3.63, 3.8) is 0 Å². The maximum atomic E-state index is 12.8. The Hall–Kier alpha value is -1.02. The summed E-state index contributed by atoms with van der Waals surface area (Å²) in [5.74, 6) is 2.18. The van der Waals surface area contributed by atoms with Gasteiger partial charge in [-0.05, 0) is 56.6 Å². The number of Topliss-reactive ketones (excluding diaryl/α,β-unsaturated/α-hetero) is 1. The van der Waals surface area contributed by atoms with Gasteiger partial charge in [-0.25, -0.2) is 0 Å². The third-order valence-electron chi connectivity index (χ3n) is 6.06. The van der Waals surface area contributed by atoms with Gasteiger partial charge < -0.3 is 0 Å². The smallest absolute Gasteiger partial charge is 0.139 e. The van der Waals surface area contributed by atoms with Crippen molar-refractivity contribution in [2.75, 3.05) is 5.75 Å².